The van der Waals surface area contributed by atoms with E-state index in [1.165, 1.54) is 6.20 Å². The van der Waals surface area contributed by atoms with Crippen molar-refractivity contribution in [3.05, 3.63) is 18.0 Å². The minimum absolute atomic E-state index is 0.138. The van der Waals surface area contributed by atoms with Crippen LogP contribution in [0.5, 0.6) is 0 Å². The summed E-state index contributed by atoms with van der Waals surface area (Å²) in [6.45, 7) is 2.30. The van der Waals surface area contributed by atoms with Gasteiger partial charge in [-0.15, -0.1) is 0 Å². The highest BCUT2D eigenvalue weighted by molar-refractivity contribution is 5.76. The number of halogens is 3. The number of carbonyl (C=O) groups is 1. The van der Waals surface area contributed by atoms with Gasteiger partial charge in [0.2, 0.25) is 5.91 Å². The molecular weight excluding hydrogens is 247 g/mol. The molecule has 1 saturated carbocycles. The van der Waals surface area contributed by atoms with Gasteiger partial charge in [0, 0.05) is 18.8 Å². The molecular formula is C11H14F3N3O. The van der Waals surface area contributed by atoms with Crippen LogP contribution in [0.15, 0.2) is 12.3 Å². The Morgan fingerprint density at radius 1 is 1.56 bits per heavy atom. The Hall–Kier alpha value is -1.53. The summed E-state index contributed by atoms with van der Waals surface area (Å²) in [5, 5.41) is 3.36. The van der Waals surface area contributed by atoms with Crippen LogP contribution in [0.25, 0.3) is 0 Å². The maximum atomic E-state index is 12.3. The van der Waals surface area contributed by atoms with Crippen LogP contribution in [-0.4, -0.2) is 33.2 Å². The molecule has 0 atom stereocenters. The molecule has 100 valence electrons. The summed E-state index contributed by atoms with van der Waals surface area (Å²) in [5.41, 5.74) is -0.968. The van der Waals surface area contributed by atoms with Crippen molar-refractivity contribution in [1.82, 2.24) is 14.7 Å². The fourth-order valence-electron chi connectivity index (χ4n) is 1.85. The smallest absolute Gasteiger partial charge is 0.338 e. The molecule has 0 spiro atoms. The lowest BCUT2D eigenvalue weighted by molar-refractivity contribution is -0.142. The normalized spacial score (nSPS) is 15.8. The van der Waals surface area contributed by atoms with Crippen LogP contribution in [0.4, 0.5) is 13.2 Å². The lowest BCUT2D eigenvalue weighted by Gasteiger charge is -2.20. The predicted octanol–water partition coefficient (Wildman–Crippen LogP) is 1.91. The quantitative estimate of drug-likeness (QED) is 0.830. The van der Waals surface area contributed by atoms with Gasteiger partial charge in [0.05, 0.1) is 0 Å². The Morgan fingerprint density at radius 3 is 2.67 bits per heavy atom. The van der Waals surface area contributed by atoms with E-state index in [9.17, 15) is 18.0 Å². The average molecular weight is 261 g/mol. The van der Waals surface area contributed by atoms with Crippen molar-refractivity contribution in [2.24, 2.45) is 0 Å². The van der Waals surface area contributed by atoms with Crippen LogP contribution in [-0.2, 0) is 17.5 Å². The van der Waals surface area contributed by atoms with Gasteiger partial charge >= 0.3 is 6.18 Å². The molecule has 1 aliphatic carbocycles. The van der Waals surface area contributed by atoms with E-state index in [2.05, 4.69) is 5.10 Å². The highest BCUT2D eigenvalue weighted by Gasteiger charge is 2.34. The van der Waals surface area contributed by atoms with Gasteiger partial charge in [0.1, 0.15) is 6.54 Å². The van der Waals surface area contributed by atoms with Gasteiger partial charge in [-0.1, -0.05) is 0 Å². The molecule has 0 bridgehead atoms. The first-order valence-electron chi connectivity index (χ1n) is 5.82. The third-order valence-corrected chi connectivity index (χ3v) is 2.88. The highest BCUT2D eigenvalue weighted by Crippen LogP contribution is 2.28. The highest BCUT2D eigenvalue weighted by atomic mass is 19.4. The van der Waals surface area contributed by atoms with Crippen LogP contribution in [0.2, 0.25) is 0 Å². The van der Waals surface area contributed by atoms with Crippen LogP contribution >= 0.6 is 0 Å². The number of likely N-dealkylation sites (N-methyl/N-ethyl adjacent to an activating group) is 1. The number of alkyl halides is 3. The second-order valence-corrected chi connectivity index (χ2v) is 4.31. The molecule has 0 saturated heterocycles. The molecule has 0 unspecified atom stereocenters. The number of nitrogens with zero attached hydrogens (tertiary/aromatic N) is 3. The Kier molecular flexibility index (Phi) is 3.32. The SMILES string of the molecule is CCN(C(=O)Cn1ccc(C(F)(F)F)n1)C1CC1. The summed E-state index contributed by atoms with van der Waals surface area (Å²) in [4.78, 5) is 13.6. The fourth-order valence-corrected chi connectivity index (χ4v) is 1.85. The number of carbonyl (C=O) groups excluding carboxylic acids is 1. The molecule has 0 aliphatic heterocycles. The summed E-state index contributed by atoms with van der Waals surface area (Å²) in [6, 6.07) is 1.14. The zero-order chi connectivity index (χ0) is 13.3. The van der Waals surface area contributed by atoms with E-state index in [0.717, 1.165) is 23.6 Å². The minimum Gasteiger partial charge on any atom is -0.338 e. The van der Waals surface area contributed by atoms with Crippen molar-refractivity contribution in [1.29, 1.82) is 0 Å². The summed E-state index contributed by atoms with van der Waals surface area (Å²) >= 11 is 0. The van der Waals surface area contributed by atoms with Gasteiger partial charge < -0.3 is 4.90 Å². The van der Waals surface area contributed by atoms with E-state index < -0.39 is 11.9 Å². The zero-order valence-electron chi connectivity index (χ0n) is 9.94. The maximum Gasteiger partial charge on any atom is 0.435 e. The van der Waals surface area contributed by atoms with Gasteiger partial charge in [-0.3, -0.25) is 9.48 Å². The molecule has 4 nitrogen and oxygen atoms in total. The van der Waals surface area contributed by atoms with Crippen LogP contribution < -0.4 is 0 Å². The topological polar surface area (TPSA) is 38.1 Å². The predicted molar refractivity (Wildman–Crippen MR) is 57.6 cm³/mol. The molecule has 2 rings (SSSR count). The Morgan fingerprint density at radius 2 is 2.22 bits per heavy atom. The summed E-state index contributed by atoms with van der Waals surface area (Å²) in [7, 11) is 0. The molecule has 1 aromatic rings. The van der Waals surface area contributed by atoms with Crippen molar-refractivity contribution >= 4 is 5.91 Å². The van der Waals surface area contributed by atoms with E-state index >= 15 is 0 Å². The van der Waals surface area contributed by atoms with Gasteiger partial charge in [0.15, 0.2) is 5.69 Å². The molecule has 7 heteroatoms. The molecule has 1 aliphatic rings. The first-order valence-corrected chi connectivity index (χ1v) is 5.82. The van der Waals surface area contributed by atoms with E-state index in [1.807, 2.05) is 6.92 Å². The van der Waals surface area contributed by atoms with E-state index in [4.69, 9.17) is 0 Å². The Labute approximate surface area is 102 Å². The van der Waals surface area contributed by atoms with E-state index in [-0.39, 0.29) is 18.5 Å². The van der Waals surface area contributed by atoms with Gasteiger partial charge in [-0.25, -0.2) is 0 Å². The van der Waals surface area contributed by atoms with Crippen molar-refractivity contribution in [3.8, 4) is 0 Å². The van der Waals surface area contributed by atoms with Gasteiger partial charge in [0.25, 0.3) is 0 Å². The van der Waals surface area contributed by atoms with Crippen molar-refractivity contribution in [2.45, 2.75) is 38.5 Å². The molecule has 1 fully saturated rings. The summed E-state index contributed by atoms with van der Waals surface area (Å²) < 4.78 is 38.0. The number of aromatic nitrogens is 2. The lowest BCUT2D eigenvalue weighted by atomic mass is 10.4. The maximum absolute atomic E-state index is 12.3. The minimum atomic E-state index is -4.46. The van der Waals surface area contributed by atoms with Gasteiger partial charge in [-0.2, -0.15) is 18.3 Å². The first kappa shape index (κ1) is 12.9. The van der Waals surface area contributed by atoms with Crippen LogP contribution in [0.1, 0.15) is 25.5 Å². The molecule has 1 amide bonds. The average Bonchev–Trinajstić information content (AvgIpc) is 2.97. The van der Waals surface area contributed by atoms with Crippen LogP contribution in [0, 0.1) is 0 Å². The third kappa shape index (κ3) is 2.83. The van der Waals surface area contributed by atoms with Crippen molar-refractivity contribution in [3.63, 3.8) is 0 Å². The fraction of sp³-hybridized carbons (Fsp3) is 0.636. The lowest BCUT2D eigenvalue weighted by Crippen LogP contribution is -2.35. The summed E-state index contributed by atoms with van der Waals surface area (Å²) in [6.07, 6.45) is -1.32. The Bertz CT molecular complexity index is 437. The van der Waals surface area contributed by atoms with Crippen molar-refractivity contribution < 1.29 is 18.0 Å². The van der Waals surface area contributed by atoms with E-state index in [0.29, 0.717) is 6.54 Å². The molecule has 1 aromatic heterocycles. The molecule has 0 N–H and O–H groups in total. The zero-order valence-corrected chi connectivity index (χ0v) is 9.94. The number of rotatable bonds is 4. The molecule has 0 aromatic carbocycles. The number of hydrogen-bond donors (Lipinski definition) is 0. The number of amides is 1. The van der Waals surface area contributed by atoms with Crippen LogP contribution in [0.3, 0.4) is 0 Å². The Balaban J connectivity index is 2.00. The molecule has 1 heterocycles. The second-order valence-electron chi connectivity index (χ2n) is 4.31. The number of hydrogen-bond acceptors (Lipinski definition) is 2. The third-order valence-electron chi connectivity index (χ3n) is 2.88. The monoisotopic (exact) mass is 261 g/mol. The molecule has 18 heavy (non-hydrogen) atoms. The molecule has 0 radical (unpaired) electrons. The standard InChI is InChI=1S/C11H14F3N3O/c1-2-17(8-3-4-8)10(18)7-16-6-5-9(15-16)11(12,13)14/h5-6,8H,2-4,7H2,1H3. The van der Waals surface area contributed by atoms with Gasteiger partial charge in [-0.05, 0) is 25.8 Å². The van der Waals surface area contributed by atoms with Crippen molar-refractivity contribution in [2.75, 3.05) is 6.54 Å². The van der Waals surface area contributed by atoms with E-state index in [1.54, 1.807) is 4.90 Å². The summed E-state index contributed by atoms with van der Waals surface area (Å²) in [5.74, 6) is -0.183. The second kappa shape index (κ2) is 4.62. The first-order chi connectivity index (χ1) is 8.41. The largest absolute Gasteiger partial charge is 0.435 e.